The summed E-state index contributed by atoms with van der Waals surface area (Å²) in [5, 5.41) is 9.82. The normalized spacial score (nSPS) is 13.9. The van der Waals surface area contributed by atoms with E-state index < -0.39 is 26.0 Å². The van der Waals surface area contributed by atoms with Gasteiger partial charge in [0.25, 0.3) is 10.0 Å². The largest absolute Gasteiger partial charge is 0.497 e. The van der Waals surface area contributed by atoms with Crippen LogP contribution in [-0.2, 0) is 37.9 Å². The fourth-order valence-corrected chi connectivity index (χ4v) is 8.11. The standard InChI is InChI=1S/C36H40N2O10S2/c1-25-20-32(50(43,44)38(22-26-4-8-29(45-2)9-5-26)23-27-6-10-30(46-3)11-7-27)12-14-34(25)37-49(41,42)31-13-15-35(33(21-31)36(39)40)48-24-28-16-18-47-19-17-28/h4-15,20-21,28,37H,16-19,22-24H2,1-3H3,(H,39,40). The summed E-state index contributed by atoms with van der Waals surface area (Å²) in [6.07, 6.45) is 1.59. The summed E-state index contributed by atoms with van der Waals surface area (Å²) in [6, 6.07) is 22.0. The van der Waals surface area contributed by atoms with E-state index in [4.69, 9.17) is 18.9 Å². The molecule has 1 saturated heterocycles. The molecule has 2 N–H and O–H groups in total. The molecule has 4 aromatic rings. The second kappa shape index (κ2) is 15.9. The number of aromatic carboxylic acids is 1. The average Bonchev–Trinajstić information content (AvgIpc) is 3.12. The van der Waals surface area contributed by atoms with Crippen LogP contribution in [0.2, 0.25) is 0 Å². The first-order valence-electron chi connectivity index (χ1n) is 15.9. The van der Waals surface area contributed by atoms with E-state index in [1.54, 1.807) is 69.7 Å². The van der Waals surface area contributed by atoms with Crippen LogP contribution in [0.5, 0.6) is 17.2 Å². The first-order valence-corrected chi connectivity index (χ1v) is 18.8. The van der Waals surface area contributed by atoms with Crippen molar-refractivity contribution in [1.82, 2.24) is 4.31 Å². The summed E-state index contributed by atoms with van der Waals surface area (Å²) in [5.74, 6) is 0.232. The van der Waals surface area contributed by atoms with Gasteiger partial charge in [0.05, 0.1) is 36.3 Å². The first kappa shape index (κ1) is 36.6. The van der Waals surface area contributed by atoms with Gasteiger partial charge < -0.3 is 24.1 Å². The maximum Gasteiger partial charge on any atom is 0.339 e. The SMILES string of the molecule is COc1ccc(CN(Cc2ccc(OC)cc2)S(=O)(=O)c2ccc(NS(=O)(=O)c3ccc(OCC4CCOCC4)c(C(=O)O)c3)c(C)c2)cc1. The van der Waals surface area contributed by atoms with Crippen LogP contribution in [0.3, 0.4) is 0 Å². The molecule has 0 aromatic heterocycles. The van der Waals surface area contributed by atoms with Crippen LogP contribution in [0, 0.1) is 12.8 Å². The number of ether oxygens (including phenoxy) is 4. The number of hydrogen-bond acceptors (Lipinski definition) is 9. The molecule has 1 aliphatic rings. The fourth-order valence-electron chi connectivity index (χ4n) is 5.45. The van der Waals surface area contributed by atoms with Gasteiger partial charge in [-0.05, 0) is 103 Å². The third kappa shape index (κ3) is 8.93. The molecule has 50 heavy (non-hydrogen) atoms. The molecule has 4 aromatic carbocycles. The van der Waals surface area contributed by atoms with Crippen LogP contribution in [0.4, 0.5) is 5.69 Å². The number of carboxylic acids is 1. The molecule has 1 aliphatic heterocycles. The van der Waals surface area contributed by atoms with Crippen molar-refractivity contribution in [3.05, 3.63) is 107 Å². The van der Waals surface area contributed by atoms with Gasteiger partial charge >= 0.3 is 5.97 Å². The summed E-state index contributed by atoms with van der Waals surface area (Å²) < 4.78 is 80.5. The minimum Gasteiger partial charge on any atom is -0.497 e. The Morgan fingerprint density at radius 2 is 1.38 bits per heavy atom. The molecule has 0 bridgehead atoms. The molecule has 0 unspecified atom stereocenters. The Morgan fingerprint density at radius 1 is 0.820 bits per heavy atom. The highest BCUT2D eigenvalue weighted by atomic mass is 32.2. The predicted octanol–water partition coefficient (Wildman–Crippen LogP) is 5.71. The van der Waals surface area contributed by atoms with Gasteiger partial charge in [0.1, 0.15) is 22.8 Å². The minimum absolute atomic E-state index is 0.0286. The topological polar surface area (TPSA) is 158 Å². The zero-order valence-electron chi connectivity index (χ0n) is 28.0. The lowest BCUT2D eigenvalue weighted by molar-refractivity contribution is 0.0490. The van der Waals surface area contributed by atoms with E-state index in [-0.39, 0.29) is 45.8 Å². The van der Waals surface area contributed by atoms with Gasteiger partial charge in [-0.15, -0.1) is 0 Å². The Morgan fingerprint density at radius 3 is 1.90 bits per heavy atom. The van der Waals surface area contributed by atoms with Crippen molar-refractivity contribution in [3.63, 3.8) is 0 Å². The quantitative estimate of drug-likeness (QED) is 0.156. The molecule has 0 amide bonds. The number of nitrogens with zero attached hydrogens (tertiary/aromatic N) is 1. The van der Waals surface area contributed by atoms with Crippen molar-refractivity contribution in [3.8, 4) is 17.2 Å². The van der Waals surface area contributed by atoms with Crippen molar-refractivity contribution >= 4 is 31.7 Å². The minimum atomic E-state index is -4.27. The van der Waals surface area contributed by atoms with Crippen LogP contribution in [0.25, 0.3) is 0 Å². The number of anilines is 1. The average molecular weight is 725 g/mol. The van der Waals surface area contributed by atoms with E-state index in [9.17, 15) is 26.7 Å². The van der Waals surface area contributed by atoms with Crippen LogP contribution in [0.1, 0.15) is 39.9 Å². The van der Waals surface area contributed by atoms with Gasteiger partial charge in [0.2, 0.25) is 10.0 Å². The van der Waals surface area contributed by atoms with Gasteiger partial charge in [0.15, 0.2) is 0 Å². The van der Waals surface area contributed by atoms with Crippen molar-refractivity contribution in [2.24, 2.45) is 5.92 Å². The van der Waals surface area contributed by atoms with Gasteiger partial charge in [-0.3, -0.25) is 4.72 Å². The maximum absolute atomic E-state index is 14.1. The van der Waals surface area contributed by atoms with Gasteiger partial charge in [-0.2, -0.15) is 4.31 Å². The van der Waals surface area contributed by atoms with Crippen LogP contribution < -0.4 is 18.9 Å². The monoisotopic (exact) mass is 724 g/mol. The molecule has 1 heterocycles. The number of benzene rings is 4. The molecule has 0 spiro atoms. The maximum atomic E-state index is 14.1. The van der Waals surface area contributed by atoms with Gasteiger partial charge in [-0.25, -0.2) is 21.6 Å². The number of sulfonamides is 2. The van der Waals surface area contributed by atoms with E-state index in [2.05, 4.69) is 4.72 Å². The lowest BCUT2D eigenvalue weighted by Gasteiger charge is -2.23. The smallest absolute Gasteiger partial charge is 0.339 e. The number of carbonyl (C=O) groups is 1. The molecule has 14 heteroatoms. The zero-order valence-corrected chi connectivity index (χ0v) is 29.6. The molecule has 12 nitrogen and oxygen atoms in total. The summed E-state index contributed by atoms with van der Waals surface area (Å²) in [5.41, 5.74) is 1.68. The third-order valence-corrected chi connectivity index (χ3v) is 11.6. The predicted molar refractivity (Wildman–Crippen MR) is 187 cm³/mol. The molecular formula is C36H40N2O10S2. The highest BCUT2D eigenvalue weighted by Gasteiger charge is 2.27. The Balaban J connectivity index is 1.37. The molecule has 1 fully saturated rings. The van der Waals surface area contributed by atoms with Crippen molar-refractivity contribution < 1.29 is 45.7 Å². The number of aryl methyl sites for hydroxylation is 1. The van der Waals surface area contributed by atoms with Gasteiger partial charge in [0, 0.05) is 26.3 Å². The Labute approximate surface area is 292 Å². The fraction of sp³-hybridized carbons (Fsp3) is 0.306. The number of carboxylic acid groups (broad SMARTS) is 1. The summed E-state index contributed by atoms with van der Waals surface area (Å²) in [4.78, 5) is 11.7. The first-order chi connectivity index (χ1) is 23.9. The van der Waals surface area contributed by atoms with E-state index in [0.29, 0.717) is 36.9 Å². The lowest BCUT2D eigenvalue weighted by atomic mass is 10.0. The van der Waals surface area contributed by atoms with Gasteiger partial charge in [-0.1, -0.05) is 24.3 Å². The summed E-state index contributed by atoms with van der Waals surface area (Å²) >= 11 is 0. The Bertz CT molecular complexity index is 1960. The molecule has 0 atom stereocenters. The summed E-state index contributed by atoms with van der Waals surface area (Å²) in [7, 11) is -5.26. The van der Waals surface area contributed by atoms with Crippen molar-refractivity contribution in [1.29, 1.82) is 0 Å². The van der Waals surface area contributed by atoms with Crippen molar-refractivity contribution in [2.45, 2.75) is 42.6 Å². The van der Waals surface area contributed by atoms with Crippen LogP contribution >= 0.6 is 0 Å². The lowest BCUT2D eigenvalue weighted by Crippen LogP contribution is -2.30. The van der Waals surface area contributed by atoms with E-state index in [1.807, 2.05) is 0 Å². The van der Waals surface area contributed by atoms with Crippen molar-refractivity contribution in [2.75, 3.05) is 38.8 Å². The molecular weight excluding hydrogens is 685 g/mol. The number of methoxy groups -OCH3 is 2. The Hall–Kier alpha value is -4.63. The van der Waals surface area contributed by atoms with E-state index in [1.165, 1.54) is 34.6 Å². The second-order valence-corrected chi connectivity index (χ2v) is 15.5. The van der Waals surface area contributed by atoms with Crippen LogP contribution in [-0.4, -0.2) is 66.3 Å². The number of nitrogens with one attached hydrogen (secondary N) is 1. The second-order valence-electron chi connectivity index (χ2n) is 11.9. The highest BCUT2D eigenvalue weighted by Crippen LogP contribution is 2.30. The van der Waals surface area contributed by atoms with E-state index >= 15 is 0 Å². The number of hydrogen-bond donors (Lipinski definition) is 2. The molecule has 0 saturated carbocycles. The Kier molecular flexibility index (Phi) is 11.7. The molecule has 266 valence electrons. The molecule has 0 aliphatic carbocycles. The van der Waals surface area contributed by atoms with Crippen LogP contribution in [0.15, 0.2) is 94.7 Å². The number of rotatable bonds is 15. The zero-order chi connectivity index (χ0) is 35.9. The molecule has 5 rings (SSSR count). The highest BCUT2D eigenvalue weighted by molar-refractivity contribution is 7.92. The van der Waals surface area contributed by atoms with E-state index in [0.717, 1.165) is 30.0 Å². The molecule has 0 radical (unpaired) electrons. The third-order valence-electron chi connectivity index (χ3n) is 8.42. The summed E-state index contributed by atoms with van der Waals surface area (Å²) in [6.45, 7) is 3.23.